The molecular formula is C11H11ClF3NO. The maximum atomic E-state index is 12.7. The summed E-state index contributed by atoms with van der Waals surface area (Å²) in [6.07, 6.45) is -4.38. The van der Waals surface area contributed by atoms with Gasteiger partial charge in [0.2, 0.25) is 0 Å². The van der Waals surface area contributed by atoms with E-state index >= 15 is 0 Å². The van der Waals surface area contributed by atoms with Gasteiger partial charge in [0.1, 0.15) is 0 Å². The quantitative estimate of drug-likeness (QED) is 0.907. The Morgan fingerprint density at radius 1 is 1.35 bits per heavy atom. The average molecular weight is 266 g/mol. The highest BCUT2D eigenvalue weighted by Crippen LogP contribution is 2.34. The number of hydrogen-bond acceptors (Lipinski definition) is 2. The van der Waals surface area contributed by atoms with E-state index in [2.05, 4.69) is 5.32 Å². The van der Waals surface area contributed by atoms with Gasteiger partial charge in [0.05, 0.1) is 24.8 Å². The van der Waals surface area contributed by atoms with Crippen LogP contribution in [0, 0.1) is 0 Å². The lowest BCUT2D eigenvalue weighted by Crippen LogP contribution is -2.45. The van der Waals surface area contributed by atoms with E-state index < -0.39 is 11.7 Å². The number of benzene rings is 1. The number of hydrogen-bond donors (Lipinski definition) is 1. The molecule has 0 spiro atoms. The minimum absolute atomic E-state index is 0.0913. The van der Waals surface area contributed by atoms with Crippen molar-refractivity contribution in [3.05, 3.63) is 34.3 Å². The van der Waals surface area contributed by atoms with Gasteiger partial charge in [-0.2, -0.15) is 13.2 Å². The molecule has 2 rings (SSSR count). The van der Waals surface area contributed by atoms with Gasteiger partial charge in [-0.05, 0) is 17.7 Å². The zero-order valence-corrected chi connectivity index (χ0v) is 9.61. The van der Waals surface area contributed by atoms with Gasteiger partial charge >= 0.3 is 6.18 Å². The molecule has 2 nitrogen and oxygen atoms in total. The summed E-state index contributed by atoms with van der Waals surface area (Å²) in [6.45, 7) is 1.17. The van der Waals surface area contributed by atoms with Crippen LogP contribution >= 0.6 is 11.6 Å². The summed E-state index contributed by atoms with van der Waals surface area (Å²) in [5.41, 5.74) is -0.591. The molecule has 94 valence electrons. The number of rotatable bonds is 3. The molecule has 1 fully saturated rings. The van der Waals surface area contributed by atoms with Crippen LogP contribution < -0.4 is 5.32 Å². The molecule has 1 aliphatic rings. The largest absolute Gasteiger partial charge is 0.416 e. The second-order valence-electron chi connectivity index (χ2n) is 3.88. The lowest BCUT2D eigenvalue weighted by atomic mass is 10.1. The fourth-order valence-corrected chi connectivity index (χ4v) is 1.85. The SMILES string of the molecule is FC(F)(F)c1cccc(Cl)c1CNC1COC1. The van der Waals surface area contributed by atoms with Crippen molar-refractivity contribution in [3.63, 3.8) is 0 Å². The molecule has 6 heteroatoms. The third-order valence-electron chi connectivity index (χ3n) is 2.63. The highest BCUT2D eigenvalue weighted by Gasteiger charge is 2.34. The first-order valence-electron chi connectivity index (χ1n) is 5.14. The molecule has 0 radical (unpaired) electrons. The van der Waals surface area contributed by atoms with E-state index in [0.717, 1.165) is 6.07 Å². The van der Waals surface area contributed by atoms with Crippen LogP contribution in [0.3, 0.4) is 0 Å². The Balaban J connectivity index is 2.17. The normalized spacial score (nSPS) is 16.9. The molecule has 0 aliphatic carbocycles. The van der Waals surface area contributed by atoms with E-state index in [1.165, 1.54) is 12.1 Å². The van der Waals surface area contributed by atoms with Crippen LogP contribution in [0.15, 0.2) is 18.2 Å². The van der Waals surface area contributed by atoms with Gasteiger partial charge in [-0.3, -0.25) is 0 Å². The molecule has 0 bridgehead atoms. The summed E-state index contributed by atoms with van der Waals surface area (Å²) in [5, 5.41) is 3.11. The molecule has 1 heterocycles. The predicted molar refractivity (Wildman–Crippen MR) is 57.9 cm³/mol. The second kappa shape index (κ2) is 4.84. The van der Waals surface area contributed by atoms with Crippen LogP contribution in [0.4, 0.5) is 13.2 Å². The number of ether oxygens (including phenoxy) is 1. The van der Waals surface area contributed by atoms with Gasteiger partial charge in [0.15, 0.2) is 0 Å². The minimum Gasteiger partial charge on any atom is -0.378 e. The Kier molecular flexibility index (Phi) is 3.61. The number of alkyl halides is 3. The zero-order valence-electron chi connectivity index (χ0n) is 8.85. The van der Waals surface area contributed by atoms with E-state index in [1.807, 2.05) is 0 Å². The van der Waals surface area contributed by atoms with Crippen LogP contribution in [-0.4, -0.2) is 19.3 Å². The van der Waals surface area contributed by atoms with Crippen LogP contribution in [0.25, 0.3) is 0 Å². The van der Waals surface area contributed by atoms with E-state index in [1.54, 1.807) is 0 Å². The van der Waals surface area contributed by atoms with Crippen LogP contribution in [0.5, 0.6) is 0 Å². The van der Waals surface area contributed by atoms with Crippen molar-refractivity contribution in [2.75, 3.05) is 13.2 Å². The smallest absolute Gasteiger partial charge is 0.378 e. The molecule has 0 unspecified atom stereocenters. The first-order valence-corrected chi connectivity index (χ1v) is 5.52. The van der Waals surface area contributed by atoms with Gasteiger partial charge in [0, 0.05) is 11.6 Å². The summed E-state index contributed by atoms with van der Waals surface area (Å²) < 4.78 is 43.1. The van der Waals surface area contributed by atoms with Gasteiger partial charge in [0.25, 0.3) is 0 Å². The molecule has 1 aromatic rings. The molecule has 17 heavy (non-hydrogen) atoms. The molecule has 0 amide bonds. The van der Waals surface area contributed by atoms with E-state index in [9.17, 15) is 13.2 Å². The first-order chi connectivity index (χ1) is 7.98. The van der Waals surface area contributed by atoms with Gasteiger partial charge in [-0.25, -0.2) is 0 Å². The van der Waals surface area contributed by atoms with Crippen LogP contribution in [0.2, 0.25) is 5.02 Å². The minimum atomic E-state index is -4.38. The summed E-state index contributed by atoms with van der Waals surface area (Å²) in [5.74, 6) is 0. The number of halogens is 4. The highest BCUT2D eigenvalue weighted by atomic mass is 35.5. The Labute approximate surface area is 102 Å². The fraction of sp³-hybridized carbons (Fsp3) is 0.455. The Hall–Kier alpha value is -0.780. The Morgan fingerprint density at radius 3 is 2.59 bits per heavy atom. The monoisotopic (exact) mass is 265 g/mol. The van der Waals surface area contributed by atoms with Crippen molar-refractivity contribution in [1.29, 1.82) is 0 Å². The predicted octanol–water partition coefficient (Wildman–Crippen LogP) is 2.85. The maximum Gasteiger partial charge on any atom is 0.416 e. The topological polar surface area (TPSA) is 21.3 Å². The molecular weight excluding hydrogens is 255 g/mol. The lowest BCUT2D eigenvalue weighted by molar-refractivity contribution is -0.138. The van der Waals surface area contributed by atoms with Crippen LogP contribution in [-0.2, 0) is 17.5 Å². The standard InChI is InChI=1S/C11H11ClF3NO/c12-10-3-1-2-9(11(13,14)15)8(10)4-16-7-5-17-6-7/h1-3,7,16H,4-6H2. The van der Waals surface area contributed by atoms with E-state index in [4.69, 9.17) is 16.3 Å². The van der Waals surface area contributed by atoms with E-state index in [0.29, 0.717) is 13.2 Å². The Bertz CT molecular complexity index is 404. The maximum absolute atomic E-state index is 12.7. The van der Waals surface area contributed by atoms with Gasteiger partial charge in [-0.15, -0.1) is 0 Å². The Morgan fingerprint density at radius 2 is 2.06 bits per heavy atom. The lowest BCUT2D eigenvalue weighted by Gasteiger charge is -2.27. The zero-order chi connectivity index (χ0) is 12.5. The van der Waals surface area contributed by atoms with Crippen molar-refractivity contribution in [3.8, 4) is 0 Å². The molecule has 0 atom stereocenters. The van der Waals surface area contributed by atoms with E-state index in [-0.39, 0.29) is 23.2 Å². The summed E-state index contributed by atoms with van der Waals surface area (Å²) in [6, 6.07) is 3.93. The third kappa shape index (κ3) is 2.91. The number of nitrogens with one attached hydrogen (secondary N) is 1. The van der Waals surface area contributed by atoms with Crippen molar-refractivity contribution in [1.82, 2.24) is 5.32 Å². The molecule has 0 aromatic heterocycles. The van der Waals surface area contributed by atoms with Crippen molar-refractivity contribution < 1.29 is 17.9 Å². The summed E-state index contributed by atoms with van der Waals surface area (Å²) in [4.78, 5) is 0. The first kappa shape index (κ1) is 12.7. The van der Waals surface area contributed by atoms with Crippen molar-refractivity contribution >= 4 is 11.6 Å². The van der Waals surface area contributed by atoms with Crippen LogP contribution in [0.1, 0.15) is 11.1 Å². The van der Waals surface area contributed by atoms with Gasteiger partial charge < -0.3 is 10.1 Å². The molecule has 1 saturated heterocycles. The van der Waals surface area contributed by atoms with Crippen molar-refractivity contribution in [2.45, 2.75) is 18.8 Å². The molecule has 1 aliphatic heterocycles. The second-order valence-corrected chi connectivity index (χ2v) is 4.29. The molecule has 1 N–H and O–H groups in total. The molecule has 0 saturated carbocycles. The average Bonchev–Trinajstić information content (AvgIpc) is 2.16. The fourth-order valence-electron chi connectivity index (χ4n) is 1.60. The van der Waals surface area contributed by atoms with Crippen molar-refractivity contribution in [2.24, 2.45) is 0 Å². The highest BCUT2D eigenvalue weighted by molar-refractivity contribution is 6.31. The van der Waals surface area contributed by atoms with Gasteiger partial charge in [-0.1, -0.05) is 17.7 Å². The molecule has 1 aromatic carbocycles. The third-order valence-corrected chi connectivity index (χ3v) is 2.98. The summed E-state index contributed by atoms with van der Waals surface area (Å²) >= 11 is 5.81. The summed E-state index contributed by atoms with van der Waals surface area (Å²) in [7, 11) is 0.